The summed E-state index contributed by atoms with van der Waals surface area (Å²) in [6.45, 7) is 6.80. The van der Waals surface area contributed by atoms with Crippen LogP contribution in [0.15, 0.2) is 42.9 Å². The van der Waals surface area contributed by atoms with Crippen molar-refractivity contribution >= 4 is 22.8 Å². The van der Waals surface area contributed by atoms with Crippen LogP contribution in [0.25, 0.3) is 11.0 Å². The van der Waals surface area contributed by atoms with E-state index in [1.54, 1.807) is 6.33 Å². The van der Waals surface area contributed by atoms with E-state index in [2.05, 4.69) is 39.1 Å². The second kappa shape index (κ2) is 9.21. The number of benzene rings is 1. The number of hydrogen-bond acceptors (Lipinski definition) is 6. The summed E-state index contributed by atoms with van der Waals surface area (Å²) in [5, 5.41) is 8.38. The first-order valence-corrected chi connectivity index (χ1v) is 10.5. The Hall–Kier alpha value is -3.00. The molecule has 1 aromatic carbocycles. The highest BCUT2D eigenvalue weighted by molar-refractivity contribution is 5.86. The summed E-state index contributed by atoms with van der Waals surface area (Å²) < 4.78 is 7.66. The summed E-state index contributed by atoms with van der Waals surface area (Å²) in [6, 6.07) is 10.0. The van der Waals surface area contributed by atoms with Crippen molar-refractivity contribution in [2.24, 2.45) is 0 Å². The summed E-state index contributed by atoms with van der Waals surface area (Å²) in [5.41, 5.74) is 1.95. The molecular weight excluding hydrogens is 380 g/mol. The highest BCUT2D eigenvalue weighted by atomic mass is 16.5. The van der Waals surface area contributed by atoms with E-state index in [0.717, 1.165) is 36.4 Å². The Labute approximate surface area is 176 Å². The molecule has 3 heterocycles. The Morgan fingerprint density at radius 2 is 1.93 bits per heavy atom. The average molecular weight is 409 g/mol. The maximum Gasteiger partial charge on any atom is 0.220 e. The van der Waals surface area contributed by atoms with E-state index in [9.17, 15) is 4.79 Å². The van der Waals surface area contributed by atoms with Crippen molar-refractivity contribution in [2.75, 3.05) is 24.5 Å². The normalized spacial score (nSPS) is 19.2. The topological polar surface area (TPSA) is 85.2 Å². The fourth-order valence-corrected chi connectivity index (χ4v) is 3.94. The molecule has 0 radical (unpaired) electrons. The number of carbonyl (C=O) groups is 1. The zero-order valence-corrected chi connectivity index (χ0v) is 17.5. The summed E-state index contributed by atoms with van der Waals surface area (Å²) >= 11 is 0. The first-order chi connectivity index (χ1) is 14.6. The number of carbonyl (C=O) groups excluding carboxylic acids is 1. The smallest absolute Gasteiger partial charge is 0.220 e. The molecule has 2 atom stereocenters. The first-order valence-electron chi connectivity index (χ1n) is 10.5. The molecular formula is C22H28N6O2. The summed E-state index contributed by atoms with van der Waals surface area (Å²) in [6.07, 6.45) is 4.92. The fraction of sp³-hybridized carbons (Fsp3) is 0.455. The number of nitrogens with zero attached hydrogens (tertiary/aromatic N) is 5. The molecule has 8 nitrogen and oxygen atoms in total. The van der Waals surface area contributed by atoms with Gasteiger partial charge in [-0.15, -0.1) is 0 Å². The molecule has 0 spiro atoms. The summed E-state index contributed by atoms with van der Waals surface area (Å²) in [4.78, 5) is 23.3. The maximum absolute atomic E-state index is 12.1. The van der Waals surface area contributed by atoms with Crippen molar-refractivity contribution in [1.29, 1.82) is 0 Å². The second-order valence-corrected chi connectivity index (χ2v) is 7.80. The van der Waals surface area contributed by atoms with Gasteiger partial charge in [-0.25, -0.2) is 14.6 Å². The highest BCUT2D eigenvalue weighted by Gasteiger charge is 2.25. The molecule has 158 valence electrons. The number of aromatic nitrogens is 4. The number of hydrogen-bond donors (Lipinski definition) is 1. The van der Waals surface area contributed by atoms with Crippen LogP contribution in [0, 0.1) is 0 Å². The van der Waals surface area contributed by atoms with E-state index >= 15 is 0 Å². The van der Waals surface area contributed by atoms with Crippen molar-refractivity contribution in [3.05, 3.63) is 48.4 Å². The number of morpholine rings is 1. The average Bonchev–Trinajstić information content (AvgIpc) is 3.15. The van der Waals surface area contributed by atoms with Gasteiger partial charge in [0, 0.05) is 26.1 Å². The van der Waals surface area contributed by atoms with Crippen LogP contribution in [0.1, 0.15) is 25.8 Å². The van der Waals surface area contributed by atoms with Gasteiger partial charge in [0.15, 0.2) is 5.65 Å². The van der Waals surface area contributed by atoms with E-state index in [-0.39, 0.29) is 18.1 Å². The van der Waals surface area contributed by atoms with E-state index in [4.69, 9.17) is 4.74 Å². The minimum absolute atomic E-state index is 0.0434. The Morgan fingerprint density at radius 1 is 1.17 bits per heavy atom. The predicted octanol–water partition coefficient (Wildman–Crippen LogP) is 2.19. The predicted molar refractivity (Wildman–Crippen MR) is 115 cm³/mol. The van der Waals surface area contributed by atoms with E-state index < -0.39 is 0 Å². The van der Waals surface area contributed by atoms with Gasteiger partial charge in [0.05, 0.1) is 30.3 Å². The monoisotopic (exact) mass is 408 g/mol. The van der Waals surface area contributed by atoms with Gasteiger partial charge in [0.25, 0.3) is 0 Å². The first kappa shape index (κ1) is 20.3. The largest absolute Gasteiger partial charge is 0.372 e. The van der Waals surface area contributed by atoms with Gasteiger partial charge in [0.1, 0.15) is 12.1 Å². The van der Waals surface area contributed by atoms with Gasteiger partial charge in [-0.3, -0.25) is 4.79 Å². The van der Waals surface area contributed by atoms with Crippen LogP contribution < -0.4 is 10.2 Å². The minimum Gasteiger partial charge on any atom is -0.372 e. The van der Waals surface area contributed by atoms with Crippen molar-refractivity contribution in [1.82, 2.24) is 25.1 Å². The summed E-state index contributed by atoms with van der Waals surface area (Å²) in [5.74, 6) is 0.932. The molecule has 1 saturated heterocycles. The molecule has 1 aliphatic heterocycles. The van der Waals surface area contributed by atoms with Crippen molar-refractivity contribution in [3.8, 4) is 0 Å². The molecule has 1 amide bonds. The number of ether oxygens (including phenoxy) is 1. The lowest BCUT2D eigenvalue weighted by Crippen LogP contribution is -2.45. The molecule has 1 N–H and O–H groups in total. The van der Waals surface area contributed by atoms with Gasteiger partial charge in [0.2, 0.25) is 5.91 Å². The molecule has 3 aromatic rings. The van der Waals surface area contributed by atoms with Gasteiger partial charge in [-0.1, -0.05) is 30.3 Å². The van der Waals surface area contributed by atoms with Gasteiger partial charge < -0.3 is 15.0 Å². The Morgan fingerprint density at radius 3 is 2.70 bits per heavy atom. The maximum atomic E-state index is 12.1. The minimum atomic E-state index is 0.0434. The molecule has 0 unspecified atom stereocenters. The molecule has 1 fully saturated rings. The van der Waals surface area contributed by atoms with Crippen LogP contribution in [-0.4, -0.2) is 57.5 Å². The zero-order valence-electron chi connectivity index (χ0n) is 17.5. The lowest BCUT2D eigenvalue weighted by Gasteiger charge is -2.36. The van der Waals surface area contributed by atoms with E-state index in [1.165, 1.54) is 5.56 Å². The lowest BCUT2D eigenvalue weighted by atomic mass is 10.1. The Balaban J connectivity index is 1.35. The summed E-state index contributed by atoms with van der Waals surface area (Å²) in [7, 11) is 0. The van der Waals surface area contributed by atoms with Crippen molar-refractivity contribution < 1.29 is 9.53 Å². The quantitative estimate of drug-likeness (QED) is 0.645. The van der Waals surface area contributed by atoms with E-state index in [1.807, 2.05) is 41.2 Å². The molecule has 30 heavy (non-hydrogen) atoms. The number of fused-ring (bicyclic) bond motifs is 1. The third kappa shape index (κ3) is 4.76. The van der Waals surface area contributed by atoms with Crippen LogP contribution in [0.3, 0.4) is 0 Å². The third-order valence-corrected chi connectivity index (χ3v) is 5.26. The van der Waals surface area contributed by atoms with Crippen molar-refractivity contribution in [3.63, 3.8) is 0 Å². The van der Waals surface area contributed by atoms with Crippen LogP contribution in [0.4, 0.5) is 5.82 Å². The third-order valence-electron chi connectivity index (χ3n) is 5.26. The number of nitrogens with one attached hydrogen (secondary N) is 1. The van der Waals surface area contributed by atoms with Crippen LogP contribution >= 0.6 is 0 Å². The lowest BCUT2D eigenvalue weighted by molar-refractivity contribution is -0.121. The van der Waals surface area contributed by atoms with Crippen LogP contribution in [-0.2, 0) is 22.5 Å². The Kier molecular flexibility index (Phi) is 6.23. The highest BCUT2D eigenvalue weighted by Crippen LogP contribution is 2.25. The van der Waals surface area contributed by atoms with Crippen LogP contribution in [0.2, 0.25) is 0 Å². The number of rotatable bonds is 7. The molecule has 1 aliphatic rings. The van der Waals surface area contributed by atoms with Gasteiger partial charge >= 0.3 is 0 Å². The molecule has 0 saturated carbocycles. The fourth-order valence-electron chi connectivity index (χ4n) is 3.94. The number of anilines is 1. The molecule has 4 rings (SSSR count). The Bertz CT molecular complexity index is 980. The SMILES string of the molecule is C[C@H]1CN(c2ncnc3c2cnn3CCNC(=O)CCc2ccccc2)C[C@H](C)O1. The molecule has 8 heteroatoms. The van der Waals surface area contributed by atoms with E-state index in [0.29, 0.717) is 19.5 Å². The molecule has 2 aromatic heterocycles. The van der Waals surface area contributed by atoms with Gasteiger partial charge in [-0.2, -0.15) is 5.10 Å². The number of aryl methyl sites for hydroxylation is 1. The second-order valence-electron chi connectivity index (χ2n) is 7.80. The zero-order chi connectivity index (χ0) is 20.9. The molecule has 0 bridgehead atoms. The standard InChI is InChI=1S/C22H28N6O2/c1-16-13-27(14-17(2)30-16)21-19-12-26-28(22(19)25-15-24-21)11-10-23-20(29)9-8-18-6-4-3-5-7-18/h3-7,12,15-17H,8-11,13-14H2,1-2H3,(H,23,29)/t16-,17-/m0/s1. The van der Waals surface area contributed by atoms with Crippen molar-refractivity contribution in [2.45, 2.75) is 45.4 Å². The number of amides is 1. The van der Waals surface area contributed by atoms with Crippen LogP contribution in [0.5, 0.6) is 0 Å². The molecule has 0 aliphatic carbocycles. The van der Waals surface area contributed by atoms with Gasteiger partial charge in [-0.05, 0) is 25.8 Å².